The summed E-state index contributed by atoms with van der Waals surface area (Å²) in [5.41, 5.74) is 1.31. The van der Waals surface area contributed by atoms with Crippen LogP contribution in [-0.4, -0.2) is 10.8 Å². The van der Waals surface area contributed by atoms with Gasteiger partial charge in [-0.25, -0.2) is 0 Å². The molecule has 5 heteroatoms. The molecule has 0 bridgehead atoms. The number of carbonyl (C=O) groups is 1. The lowest BCUT2D eigenvalue weighted by molar-refractivity contribution is 0.101. The van der Waals surface area contributed by atoms with E-state index in [1.54, 1.807) is 24.4 Å². The quantitative estimate of drug-likeness (QED) is 0.710. The minimum absolute atomic E-state index is 0.172. The van der Waals surface area contributed by atoms with E-state index >= 15 is 0 Å². The van der Waals surface area contributed by atoms with Gasteiger partial charge >= 0.3 is 0 Å². The number of ketones is 1. The summed E-state index contributed by atoms with van der Waals surface area (Å²) < 4.78 is 5.80. The van der Waals surface area contributed by atoms with Gasteiger partial charge in [-0.05, 0) is 34.1 Å². The number of para-hydroxylation sites is 1. The number of H-pyrrole nitrogens is 1. The first kappa shape index (κ1) is 11.6. The summed E-state index contributed by atoms with van der Waals surface area (Å²) in [6.07, 6.45) is 1.65. The Labute approximate surface area is 116 Å². The van der Waals surface area contributed by atoms with Gasteiger partial charge in [-0.15, -0.1) is 0 Å². The van der Waals surface area contributed by atoms with E-state index in [9.17, 15) is 4.79 Å². The molecule has 0 radical (unpaired) electrons. The third-order valence-electron chi connectivity index (χ3n) is 2.71. The van der Waals surface area contributed by atoms with Crippen LogP contribution in [0.4, 0.5) is 0 Å². The molecular formula is C13H7BrClNO2. The van der Waals surface area contributed by atoms with Crippen molar-refractivity contribution in [3.63, 3.8) is 0 Å². The highest BCUT2D eigenvalue weighted by molar-refractivity contribution is 9.10. The van der Waals surface area contributed by atoms with Gasteiger partial charge in [-0.1, -0.05) is 23.7 Å². The van der Waals surface area contributed by atoms with Crippen LogP contribution in [0.15, 0.2) is 45.6 Å². The number of hydrogen-bond acceptors (Lipinski definition) is 2. The van der Waals surface area contributed by atoms with E-state index in [-0.39, 0.29) is 5.78 Å². The van der Waals surface area contributed by atoms with Crippen LogP contribution in [0.25, 0.3) is 10.9 Å². The van der Waals surface area contributed by atoms with Gasteiger partial charge < -0.3 is 9.40 Å². The van der Waals surface area contributed by atoms with Gasteiger partial charge in [0.15, 0.2) is 10.4 Å². The molecule has 0 spiro atoms. The number of nitrogens with one attached hydrogen (secondary N) is 1. The zero-order chi connectivity index (χ0) is 12.7. The fourth-order valence-corrected chi connectivity index (χ4v) is 2.41. The number of halogens is 2. The Morgan fingerprint density at radius 2 is 2.11 bits per heavy atom. The van der Waals surface area contributed by atoms with Crippen molar-refractivity contribution in [2.45, 2.75) is 0 Å². The molecule has 0 amide bonds. The number of benzene rings is 1. The lowest BCUT2D eigenvalue weighted by Gasteiger charge is -1.96. The maximum absolute atomic E-state index is 12.3. The fraction of sp³-hybridized carbons (Fsp3) is 0. The molecule has 1 aromatic carbocycles. The van der Waals surface area contributed by atoms with E-state index in [4.69, 9.17) is 16.0 Å². The Hall–Kier alpha value is -1.52. The third-order valence-corrected chi connectivity index (χ3v) is 3.45. The zero-order valence-electron chi connectivity index (χ0n) is 9.04. The summed E-state index contributed by atoms with van der Waals surface area (Å²) in [5.74, 6) is 0.122. The van der Waals surface area contributed by atoms with Crippen LogP contribution in [-0.2, 0) is 0 Å². The fourth-order valence-electron chi connectivity index (χ4n) is 1.87. The maximum atomic E-state index is 12.3. The van der Waals surface area contributed by atoms with Crippen LogP contribution < -0.4 is 0 Å². The SMILES string of the molecule is O=C(c1ccc(Br)o1)c1c[nH]c2c(Cl)cccc12. The van der Waals surface area contributed by atoms with E-state index in [0.717, 1.165) is 10.9 Å². The molecule has 0 aliphatic carbocycles. The minimum Gasteiger partial charge on any atom is -0.446 e. The summed E-state index contributed by atoms with van der Waals surface area (Å²) in [5, 5.41) is 1.38. The summed E-state index contributed by atoms with van der Waals surface area (Å²) in [6, 6.07) is 8.76. The molecule has 0 saturated heterocycles. The van der Waals surface area contributed by atoms with Gasteiger partial charge in [-0.2, -0.15) is 0 Å². The standard InChI is InChI=1S/C13H7BrClNO2/c14-11-5-4-10(18-11)13(17)8-6-16-12-7(8)2-1-3-9(12)15/h1-6,16H. The first-order valence-corrected chi connectivity index (χ1v) is 6.39. The van der Waals surface area contributed by atoms with Crippen LogP contribution >= 0.6 is 27.5 Å². The first-order valence-electron chi connectivity index (χ1n) is 5.22. The molecular weight excluding hydrogens is 318 g/mol. The lowest BCUT2D eigenvalue weighted by atomic mass is 10.1. The Morgan fingerprint density at radius 3 is 2.83 bits per heavy atom. The van der Waals surface area contributed by atoms with Crippen LogP contribution in [0.1, 0.15) is 16.1 Å². The van der Waals surface area contributed by atoms with Gasteiger partial charge in [0.2, 0.25) is 5.78 Å². The third kappa shape index (κ3) is 1.78. The monoisotopic (exact) mass is 323 g/mol. The number of rotatable bonds is 2. The van der Waals surface area contributed by atoms with E-state index < -0.39 is 0 Å². The highest BCUT2D eigenvalue weighted by atomic mass is 79.9. The molecule has 0 atom stereocenters. The van der Waals surface area contributed by atoms with E-state index in [1.165, 1.54) is 0 Å². The topological polar surface area (TPSA) is 46.0 Å². The minimum atomic E-state index is -0.172. The number of fused-ring (bicyclic) bond motifs is 1. The summed E-state index contributed by atoms with van der Waals surface area (Å²) in [4.78, 5) is 15.3. The average molecular weight is 325 g/mol. The molecule has 3 aromatic rings. The van der Waals surface area contributed by atoms with Gasteiger partial charge in [0.05, 0.1) is 16.1 Å². The van der Waals surface area contributed by atoms with Crippen molar-refractivity contribution >= 4 is 44.2 Å². The molecule has 18 heavy (non-hydrogen) atoms. The van der Waals surface area contributed by atoms with Gasteiger partial charge in [0, 0.05) is 11.6 Å². The molecule has 0 aliphatic rings. The van der Waals surface area contributed by atoms with Crippen molar-refractivity contribution in [2.75, 3.05) is 0 Å². The van der Waals surface area contributed by atoms with Crippen molar-refractivity contribution in [1.29, 1.82) is 0 Å². The molecule has 0 fully saturated rings. The number of hydrogen-bond donors (Lipinski definition) is 1. The number of furan rings is 1. The second-order valence-electron chi connectivity index (χ2n) is 3.80. The van der Waals surface area contributed by atoms with Gasteiger partial charge in [0.25, 0.3) is 0 Å². The van der Waals surface area contributed by atoms with Crippen molar-refractivity contribution in [3.05, 3.63) is 57.5 Å². The Balaban J connectivity index is 2.15. The van der Waals surface area contributed by atoms with E-state index in [0.29, 0.717) is 21.0 Å². The molecule has 0 saturated carbocycles. The highest BCUT2D eigenvalue weighted by Gasteiger charge is 2.18. The molecule has 90 valence electrons. The average Bonchev–Trinajstić information content (AvgIpc) is 2.95. The Morgan fingerprint density at radius 1 is 1.28 bits per heavy atom. The normalized spacial score (nSPS) is 11.0. The first-order chi connectivity index (χ1) is 8.66. The molecule has 0 aliphatic heterocycles. The lowest BCUT2D eigenvalue weighted by Crippen LogP contribution is -1.97. The molecule has 3 nitrogen and oxygen atoms in total. The number of aromatic nitrogens is 1. The Bertz CT molecular complexity index is 744. The van der Waals surface area contributed by atoms with Crippen molar-refractivity contribution < 1.29 is 9.21 Å². The van der Waals surface area contributed by atoms with Crippen LogP contribution in [0, 0.1) is 0 Å². The van der Waals surface area contributed by atoms with Crippen LogP contribution in [0.2, 0.25) is 5.02 Å². The second-order valence-corrected chi connectivity index (χ2v) is 4.99. The summed E-state index contributed by atoms with van der Waals surface area (Å²) in [6.45, 7) is 0. The van der Waals surface area contributed by atoms with Crippen LogP contribution in [0.3, 0.4) is 0 Å². The molecule has 1 N–H and O–H groups in total. The molecule has 3 rings (SSSR count). The van der Waals surface area contributed by atoms with Crippen molar-refractivity contribution in [3.8, 4) is 0 Å². The van der Waals surface area contributed by atoms with E-state index in [1.807, 2.05) is 12.1 Å². The van der Waals surface area contributed by atoms with Crippen molar-refractivity contribution in [1.82, 2.24) is 4.98 Å². The molecule has 0 unspecified atom stereocenters. The van der Waals surface area contributed by atoms with Crippen LogP contribution in [0.5, 0.6) is 0 Å². The predicted molar refractivity (Wildman–Crippen MR) is 73.1 cm³/mol. The predicted octanol–water partition coefficient (Wildman–Crippen LogP) is 4.41. The smallest absolute Gasteiger partial charge is 0.230 e. The second kappa shape index (κ2) is 4.30. The molecule has 2 heterocycles. The van der Waals surface area contributed by atoms with Gasteiger partial charge in [0.1, 0.15) is 0 Å². The largest absolute Gasteiger partial charge is 0.446 e. The summed E-state index contributed by atoms with van der Waals surface area (Å²) >= 11 is 9.23. The van der Waals surface area contributed by atoms with Crippen molar-refractivity contribution in [2.24, 2.45) is 0 Å². The van der Waals surface area contributed by atoms with Gasteiger partial charge in [-0.3, -0.25) is 4.79 Å². The number of carbonyl (C=O) groups excluding carboxylic acids is 1. The Kier molecular flexibility index (Phi) is 2.76. The number of aromatic amines is 1. The summed E-state index contributed by atoms with van der Waals surface area (Å²) in [7, 11) is 0. The highest BCUT2D eigenvalue weighted by Crippen LogP contribution is 2.27. The maximum Gasteiger partial charge on any atom is 0.230 e. The van der Waals surface area contributed by atoms with E-state index in [2.05, 4.69) is 20.9 Å². The molecule has 2 aromatic heterocycles. The zero-order valence-corrected chi connectivity index (χ0v) is 11.4.